The highest BCUT2D eigenvalue weighted by atomic mass is 32.2. The van der Waals surface area contributed by atoms with Crippen LogP contribution in [0, 0.1) is 11.8 Å². The van der Waals surface area contributed by atoms with Crippen LogP contribution in [0.2, 0.25) is 0 Å². The number of methoxy groups -OCH3 is 1. The van der Waals surface area contributed by atoms with Gasteiger partial charge < -0.3 is 9.84 Å². The number of rotatable bonds is 8. The molecule has 0 aliphatic carbocycles. The molecule has 21 heavy (non-hydrogen) atoms. The molecular weight excluding hydrogens is 296 g/mol. The van der Waals surface area contributed by atoms with Gasteiger partial charge in [-0.05, 0) is 31.1 Å². The third-order valence-electron chi connectivity index (χ3n) is 3.61. The normalized spacial score (nSPS) is 25.7. The van der Waals surface area contributed by atoms with Gasteiger partial charge in [0.1, 0.15) is 6.04 Å². The molecule has 0 radical (unpaired) electrons. The highest BCUT2D eigenvalue weighted by Crippen LogP contribution is 2.22. The summed E-state index contributed by atoms with van der Waals surface area (Å²) in [6.45, 7) is 5.29. The Morgan fingerprint density at radius 3 is 2.43 bits per heavy atom. The van der Waals surface area contributed by atoms with Crippen LogP contribution in [-0.2, 0) is 19.7 Å². The second kappa shape index (κ2) is 8.07. The lowest BCUT2D eigenvalue weighted by atomic mass is 9.94. The zero-order valence-electron chi connectivity index (χ0n) is 12.9. The molecule has 1 heterocycles. The van der Waals surface area contributed by atoms with Gasteiger partial charge >= 0.3 is 5.97 Å². The Kier molecular flexibility index (Phi) is 7.05. The average molecular weight is 322 g/mol. The van der Waals surface area contributed by atoms with E-state index in [1.807, 2.05) is 13.8 Å². The van der Waals surface area contributed by atoms with E-state index in [1.54, 1.807) is 0 Å². The zero-order chi connectivity index (χ0) is 16.0. The quantitative estimate of drug-likeness (QED) is 0.641. The molecule has 0 bridgehead atoms. The van der Waals surface area contributed by atoms with Crippen LogP contribution < -0.4 is 4.72 Å². The van der Waals surface area contributed by atoms with E-state index in [1.165, 1.54) is 11.4 Å². The first kappa shape index (κ1) is 18.3. The summed E-state index contributed by atoms with van der Waals surface area (Å²) >= 11 is 0. The molecule has 0 spiro atoms. The van der Waals surface area contributed by atoms with E-state index in [2.05, 4.69) is 4.72 Å². The first-order valence-corrected chi connectivity index (χ1v) is 8.69. The van der Waals surface area contributed by atoms with Crippen LogP contribution in [0.5, 0.6) is 0 Å². The summed E-state index contributed by atoms with van der Waals surface area (Å²) in [6, 6.07) is -1.11. The fourth-order valence-electron chi connectivity index (χ4n) is 2.72. The van der Waals surface area contributed by atoms with Crippen molar-refractivity contribution in [3.63, 3.8) is 0 Å². The summed E-state index contributed by atoms with van der Waals surface area (Å²) in [6.07, 6.45) is 1.69. The lowest BCUT2D eigenvalue weighted by Gasteiger charge is -2.34. The Labute approximate surface area is 126 Å². The summed E-state index contributed by atoms with van der Waals surface area (Å²) in [5.74, 6) is -0.600. The van der Waals surface area contributed by atoms with Crippen LogP contribution >= 0.6 is 0 Å². The van der Waals surface area contributed by atoms with Gasteiger partial charge in [0.05, 0.1) is 0 Å². The molecule has 0 aromatic heterocycles. The van der Waals surface area contributed by atoms with E-state index < -0.39 is 22.2 Å². The van der Waals surface area contributed by atoms with Gasteiger partial charge in [-0.25, -0.2) is 0 Å². The minimum absolute atomic E-state index is 0.210. The largest absolute Gasteiger partial charge is 0.480 e. The van der Waals surface area contributed by atoms with Crippen LogP contribution in [0.4, 0.5) is 0 Å². The minimum Gasteiger partial charge on any atom is -0.480 e. The van der Waals surface area contributed by atoms with Crippen molar-refractivity contribution in [1.82, 2.24) is 9.03 Å². The maximum Gasteiger partial charge on any atom is 0.321 e. The number of piperidine rings is 1. The van der Waals surface area contributed by atoms with Gasteiger partial charge in [0.25, 0.3) is 10.2 Å². The van der Waals surface area contributed by atoms with Crippen molar-refractivity contribution in [2.45, 2.75) is 39.2 Å². The topological polar surface area (TPSA) is 95.9 Å². The fraction of sp³-hybridized carbons (Fsp3) is 0.923. The van der Waals surface area contributed by atoms with Crippen LogP contribution in [0.25, 0.3) is 0 Å². The Morgan fingerprint density at radius 1 is 1.38 bits per heavy atom. The first-order valence-electron chi connectivity index (χ1n) is 7.25. The summed E-state index contributed by atoms with van der Waals surface area (Å²) in [5.41, 5.74) is 0. The van der Waals surface area contributed by atoms with Gasteiger partial charge in [0.15, 0.2) is 0 Å². The van der Waals surface area contributed by atoms with Crippen molar-refractivity contribution in [3.05, 3.63) is 0 Å². The van der Waals surface area contributed by atoms with E-state index in [0.29, 0.717) is 26.1 Å². The SMILES string of the molecule is COCCCC(NS(=O)(=O)N1CC(C)CC(C)C1)C(=O)O. The number of carboxylic acids is 1. The van der Waals surface area contributed by atoms with Crippen LogP contribution in [0.1, 0.15) is 33.1 Å². The van der Waals surface area contributed by atoms with E-state index in [0.717, 1.165) is 6.42 Å². The molecule has 0 aromatic carbocycles. The molecule has 2 N–H and O–H groups in total. The highest BCUT2D eigenvalue weighted by molar-refractivity contribution is 7.87. The van der Waals surface area contributed by atoms with E-state index in [-0.39, 0.29) is 18.3 Å². The third-order valence-corrected chi connectivity index (χ3v) is 5.17. The zero-order valence-corrected chi connectivity index (χ0v) is 13.7. The minimum atomic E-state index is -3.77. The predicted molar refractivity (Wildman–Crippen MR) is 79.1 cm³/mol. The van der Waals surface area contributed by atoms with E-state index in [9.17, 15) is 13.2 Å². The average Bonchev–Trinajstić information content (AvgIpc) is 2.36. The van der Waals surface area contributed by atoms with Crippen LogP contribution in [-0.4, -0.2) is 56.6 Å². The van der Waals surface area contributed by atoms with Crippen molar-refractivity contribution in [3.8, 4) is 0 Å². The summed E-state index contributed by atoms with van der Waals surface area (Å²) in [5, 5.41) is 9.15. The molecule has 0 amide bonds. The number of ether oxygens (including phenoxy) is 1. The summed E-state index contributed by atoms with van der Waals surface area (Å²) in [4.78, 5) is 11.2. The number of hydrogen-bond acceptors (Lipinski definition) is 4. The maximum atomic E-state index is 12.3. The van der Waals surface area contributed by atoms with Crippen molar-refractivity contribution in [2.75, 3.05) is 26.8 Å². The molecular formula is C13H26N2O5S. The van der Waals surface area contributed by atoms with Gasteiger partial charge in [-0.15, -0.1) is 0 Å². The van der Waals surface area contributed by atoms with E-state index >= 15 is 0 Å². The highest BCUT2D eigenvalue weighted by Gasteiger charge is 2.33. The maximum absolute atomic E-state index is 12.3. The smallest absolute Gasteiger partial charge is 0.321 e. The lowest BCUT2D eigenvalue weighted by molar-refractivity contribution is -0.139. The monoisotopic (exact) mass is 322 g/mol. The number of hydrogen-bond donors (Lipinski definition) is 2. The van der Waals surface area contributed by atoms with Gasteiger partial charge in [-0.3, -0.25) is 4.79 Å². The molecule has 0 aromatic rings. The number of carboxylic acid groups (broad SMARTS) is 1. The van der Waals surface area contributed by atoms with Crippen molar-refractivity contribution in [1.29, 1.82) is 0 Å². The molecule has 1 saturated heterocycles. The second-order valence-electron chi connectivity index (χ2n) is 5.91. The van der Waals surface area contributed by atoms with Gasteiger partial charge in [-0.2, -0.15) is 17.4 Å². The molecule has 7 nitrogen and oxygen atoms in total. The molecule has 1 fully saturated rings. The van der Waals surface area contributed by atoms with Crippen molar-refractivity contribution in [2.24, 2.45) is 11.8 Å². The molecule has 8 heteroatoms. The Balaban J connectivity index is 2.69. The van der Waals surface area contributed by atoms with Gasteiger partial charge in [-0.1, -0.05) is 13.8 Å². The molecule has 1 aliphatic rings. The standard InChI is InChI=1S/C13H26N2O5S/c1-10-7-11(2)9-15(8-10)21(18,19)14-12(13(16)17)5-4-6-20-3/h10-12,14H,4-9H2,1-3H3,(H,16,17). The predicted octanol–water partition coefficient (Wildman–Crippen LogP) is 0.679. The number of aliphatic carboxylic acids is 1. The third kappa shape index (κ3) is 5.90. The van der Waals surface area contributed by atoms with E-state index in [4.69, 9.17) is 9.84 Å². The Bertz CT molecular complexity index is 430. The van der Waals surface area contributed by atoms with Crippen molar-refractivity contribution < 1.29 is 23.1 Å². The molecule has 0 saturated carbocycles. The van der Waals surface area contributed by atoms with Gasteiger partial charge in [0.2, 0.25) is 0 Å². The molecule has 3 atom stereocenters. The first-order chi connectivity index (χ1) is 9.76. The lowest BCUT2D eigenvalue weighted by Crippen LogP contribution is -2.52. The summed E-state index contributed by atoms with van der Waals surface area (Å²) < 4.78 is 33.2. The summed E-state index contributed by atoms with van der Waals surface area (Å²) in [7, 11) is -2.24. The molecule has 1 aliphatic heterocycles. The number of nitrogens with one attached hydrogen (secondary N) is 1. The Morgan fingerprint density at radius 2 is 1.95 bits per heavy atom. The molecule has 1 rings (SSSR count). The second-order valence-corrected chi connectivity index (χ2v) is 7.61. The van der Waals surface area contributed by atoms with Gasteiger partial charge in [0, 0.05) is 26.8 Å². The molecule has 124 valence electrons. The molecule has 3 unspecified atom stereocenters. The van der Waals surface area contributed by atoms with Crippen molar-refractivity contribution >= 4 is 16.2 Å². The number of carbonyl (C=O) groups is 1. The number of nitrogens with zero attached hydrogens (tertiary/aromatic N) is 1. The Hall–Kier alpha value is -0.700. The fourth-order valence-corrected chi connectivity index (χ4v) is 4.35. The van der Waals surface area contributed by atoms with Crippen LogP contribution in [0.15, 0.2) is 0 Å². The van der Waals surface area contributed by atoms with Crippen LogP contribution in [0.3, 0.4) is 0 Å².